The van der Waals surface area contributed by atoms with Crippen molar-refractivity contribution in [3.63, 3.8) is 0 Å². The van der Waals surface area contributed by atoms with E-state index < -0.39 is 8.16 Å². The topological polar surface area (TPSA) is 0 Å². The fourth-order valence-corrected chi connectivity index (χ4v) is 4.88. The average Bonchev–Trinajstić information content (AvgIpc) is 2.25. The highest BCUT2D eigenvalue weighted by atomic mass is 32.2. The Hall–Kier alpha value is 1.32. The summed E-state index contributed by atoms with van der Waals surface area (Å²) in [6, 6.07) is 8.15. The number of hydrogen-bond acceptors (Lipinski definition) is 6. The third kappa shape index (κ3) is 5.84. The second-order valence-corrected chi connectivity index (χ2v) is 10.8. The summed E-state index contributed by atoms with van der Waals surface area (Å²) < 4.78 is -0.960. The van der Waals surface area contributed by atoms with Gasteiger partial charge in [-0.3, -0.25) is 0 Å². The predicted octanol–water partition coefficient (Wildman–Crippen LogP) is 5.13. The first kappa shape index (κ1) is 19.4. The second kappa shape index (κ2) is 7.73. The van der Waals surface area contributed by atoms with Gasteiger partial charge < -0.3 is 0 Å². The first-order valence-corrected chi connectivity index (χ1v) is 9.23. The van der Waals surface area contributed by atoms with Crippen molar-refractivity contribution in [2.24, 2.45) is 0 Å². The molecule has 0 bridgehead atoms. The molecule has 0 amide bonds. The molecule has 0 N–H and O–H groups in total. The predicted molar refractivity (Wildman–Crippen MR) is 112 cm³/mol. The van der Waals surface area contributed by atoms with Crippen LogP contribution in [-0.2, 0) is 8.16 Å². The van der Waals surface area contributed by atoms with Gasteiger partial charge in [0.2, 0.25) is 0 Å². The van der Waals surface area contributed by atoms with E-state index in [1.165, 1.54) is 0 Å². The van der Waals surface area contributed by atoms with E-state index in [4.69, 9.17) is 0 Å². The summed E-state index contributed by atoms with van der Waals surface area (Å²) >= 11 is 27.4. The van der Waals surface area contributed by atoms with E-state index in [-0.39, 0.29) is 10.5 Å². The zero-order valence-corrected chi connectivity index (χ0v) is 16.9. The molecule has 0 saturated heterocycles. The van der Waals surface area contributed by atoms with Gasteiger partial charge in [0.25, 0.3) is 0 Å². The van der Waals surface area contributed by atoms with Gasteiger partial charge in [-0.15, -0.1) is 0 Å². The van der Waals surface area contributed by atoms with Gasteiger partial charge in [-0.2, -0.15) is 75.8 Å². The van der Waals surface area contributed by atoms with E-state index in [2.05, 4.69) is 75.8 Å². The molecule has 1 rings (SSSR count). The van der Waals surface area contributed by atoms with Gasteiger partial charge in [-0.25, -0.2) is 0 Å². The average molecular weight is 383 g/mol. The van der Waals surface area contributed by atoms with Crippen LogP contribution in [0.25, 0.3) is 0 Å². The lowest BCUT2D eigenvalue weighted by molar-refractivity contribution is 0.750. The summed E-state index contributed by atoms with van der Waals surface area (Å²) in [7, 11) is 0. The molecule has 0 aliphatic carbocycles. The fourth-order valence-electron chi connectivity index (χ4n) is 2.06. The van der Waals surface area contributed by atoms with Crippen molar-refractivity contribution < 1.29 is 0 Å². The highest BCUT2D eigenvalue weighted by Gasteiger charge is 2.27. The maximum Gasteiger partial charge on any atom is 0.0812 e. The Kier molecular flexibility index (Phi) is 7.49. The molecule has 0 nitrogen and oxygen atoms in total. The lowest BCUT2D eigenvalue weighted by atomic mass is 10.0. The normalized spacial score (nSPS) is 16.0. The Bertz CT molecular complexity index is 381. The molecule has 1 aromatic rings. The first-order valence-electron chi connectivity index (χ1n) is 6.41. The molecule has 2 atom stereocenters. The molecule has 114 valence electrons. The van der Waals surface area contributed by atoms with Crippen molar-refractivity contribution in [3.8, 4) is 0 Å². The van der Waals surface area contributed by atoms with Crippen molar-refractivity contribution in [2.75, 3.05) is 0 Å². The molecule has 0 aromatic heterocycles. The quantitative estimate of drug-likeness (QED) is 0.285. The second-order valence-electron chi connectivity index (χ2n) is 5.32. The zero-order valence-electron chi connectivity index (χ0n) is 11.6. The molecular weight excluding hydrogens is 361 g/mol. The summed E-state index contributed by atoms with van der Waals surface area (Å²) in [5, 5.41) is 0.479. The monoisotopic (exact) mass is 382 g/mol. The Balaban J connectivity index is 2.94. The van der Waals surface area contributed by atoms with Crippen LogP contribution >= 0.6 is 75.8 Å². The number of thiol groups is 6. The van der Waals surface area contributed by atoms with E-state index in [0.717, 1.165) is 24.0 Å². The first-order chi connectivity index (χ1) is 9.04. The number of hydrogen-bond donors (Lipinski definition) is 6. The van der Waals surface area contributed by atoms with Crippen LogP contribution in [0, 0.1) is 0 Å². The van der Waals surface area contributed by atoms with Crippen LogP contribution in [0.4, 0.5) is 0 Å². The molecule has 0 heterocycles. The van der Waals surface area contributed by atoms with Gasteiger partial charge in [0, 0.05) is 10.5 Å². The lowest BCUT2D eigenvalue weighted by Gasteiger charge is -2.28. The fraction of sp³-hybridized carbons (Fsp3) is 0.571. The largest absolute Gasteiger partial charge is 0.176 e. The smallest absolute Gasteiger partial charge is 0.0812 e. The van der Waals surface area contributed by atoms with Gasteiger partial charge in [0.05, 0.1) is 8.16 Å². The standard InChI is InChI=1S/C14H22S6/c1-9(15)7-13(17,18)11-3-5-12(6-4-11)14(19,20)8-10(2)16/h3-6,9-10,15-20H,7-8H2,1-2H3. The molecule has 0 aliphatic heterocycles. The highest BCUT2D eigenvalue weighted by Crippen LogP contribution is 2.42. The lowest BCUT2D eigenvalue weighted by Crippen LogP contribution is -2.18. The van der Waals surface area contributed by atoms with Crippen LogP contribution < -0.4 is 0 Å². The van der Waals surface area contributed by atoms with Gasteiger partial charge in [0.1, 0.15) is 0 Å². The Morgan fingerprint density at radius 1 is 0.750 bits per heavy atom. The van der Waals surface area contributed by atoms with Crippen LogP contribution in [0.1, 0.15) is 37.8 Å². The van der Waals surface area contributed by atoms with Crippen LogP contribution in [-0.4, -0.2) is 10.5 Å². The van der Waals surface area contributed by atoms with Crippen molar-refractivity contribution in [1.82, 2.24) is 0 Å². The van der Waals surface area contributed by atoms with Gasteiger partial charge in [0.15, 0.2) is 0 Å². The molecule has 0 saturated carbocycles. The maximum atomic E-state index is 4.64. The van der Waals surface area contributed by atoms with E-state index in [1.807, 2.05) is 38.1 Å². The van der Waals surface area contributed by atoms with Crippen molar-refractivity contribution >= 4 is 75.8 Å². The van der Waals surface area contributed by atoms with Crippen molar-refractivity contribution in [3.05, 3.63) is 35.4 Å². The number of benzene rings is 1. The molecule has 0 aliphatic rings. The van der Waals surface area contributed by atoms with Crippen LogP contribution in [0.3, 0.4) is 0 Å². The molecule has 0 radical (unpaired) electrons. The van der Waals surface area contributed by atoms with E-state index in [0.29, 0.717) is 0 Å². The minimum Gasteiger partial charge on any atom is -0.176 e. The third-order valence-corrected chi connectivity index (χ3v) is 5.10. The summed E-state index contributed by atoms with van der Waals surface area (Å²) in [6.45, 7) is 4.08. The third-order valence-electron chi connectivity index (χ3n) is 2.97. The number of rotatable bonds is 6. The van der Waals surface area contributed by atoms with E-state index >= 15 is 0 Å². The Morgan fingerprint density at radius 2 is 1.00 bits per heavy atom. The highest BCUT2D eigenvalue weighted by molar-refractivity contribution is 8.00. The SMILES string of the molecule is CC(S)CC(S)(S)c1ccc(C(S)(S)CC(C)S)cc1. The Morgan fingerprint density at radius 3 is 1.20 bits per heavy atom. The summed E-state index contributed by atoms with van der Waals surface area (Å²) in [6.07, 6.45) is 1.56. The zero-order chi connectivity index (χ0) is 15.6. The van der Waals surface area contributed by atoms with Gasteiger partial charge >= 0.3 is 0 Å². The van der Waals surface area contributed by atoms with Crippen LogP contribution in [0.5, 0.6) is 0 Å². The molecule has 1 aromatic carbocycles. The van der Waals surface area contributed by atoms with Gasteiger partial charge in [-0.05, 0) is 24.0 Å². The molecule has 20 heavy (non-hydrogen) atoms. The molecule has 6 heteroatoms. The summed E-state index contributed by atoms with van der Waals surface area (Å²) in [5.74, 6) is 0. The molecule has 2 unspecified atom stereocenters. The van der Waals surface area contributed by atoms with Crippen LogP contribution in [0.15, 0.2) is 24.3 Å². The van der Waals surface area contributed by atoms with Crippen LogP contribution in [0.2, 0.25) is 0 Å². The molecule has 0 spiro atoms. The minimum absolute atomic E-state index is 0.239. The Labute approximate surface area is 155 Å². The van der Waals surface area contributed by atoms with Crippen molar-refractivity contribution in [2.45, 2.75) is 45.3 Å². The van der Waals surface area contributed by atoms with E-state index in [1.54, 1.807) is 0 Å². The van der Waals surface area contributed by atoms with Gasteiger partial charge in [-0.1, -0.05) is 38.1 Å². The molecule has 0 fully saturated rings. The molecular formula is C14H22S6. The summed E-state index contributed by atoms with van der Waals surface area (Å²) in [4.78, 5) is 0. The summed E-state index contributed by atoms with van der Waals surface area (Å²) in [5.41, 5.74) is 2.12. The minimum atomic E-state index is -0.480. The maximum absolute atomic E-state index is 4.64. The van der Waals surface area contributed by atoms with Crippen molar-refractivity contribution in [1.29, 1.82) is 0 Å². The van der Waals surface area contributed by atoms with E-state index in [9.17, 15) is 0 Å².